The zero-order valence-corrected chi connectivity index (χ0v) is 8.60. The summed E-state index contributed by atoms with van der Waals surface area (Å²) in [5.41, 5.74) is 2.64. The van der Waals surface area contributed by atoms with Crippen LogP contribution in [0, 0.1) is 0 Å². The van der Waals surface area contributed by atoms with Crippen molar-refractivity contribution in [2.75, 3.05) is 12.3 Å². The lowest BCUT2D eigenvalue weighted by Gasteiger charge is -2.10. The molecule has 2 heterocycles. The smallest absolute Gasteiger partial charge is 0.0796 e. The van der Waals surface area contributed by atoms with E-state index in [4.69, 9.17) is 0 Å². The first-order valence-electron chi connectivity index (χ1n) is 4.86. The average Bonchev–Trinajstić information content (AvgIpc) is 2.88. The second kappa shape index (κ2) is 3.33. The van der Waals surface area contributed by atoms with Gasteiger partial charge in [0, 0.05) is 29.4 Å². The number of thioether (sulfide) groups is 1. The molecule has 0 saturated carbocycles. The second-order valence-corrected chi connectivity index (χ2v) is 4.70. The summed E-state index contributed by atoms with van der Waals surface area (Å²) < 4.78 is 0. The van der Waals surface area contributed by atoms with Crippen LogP contribution < -0.4 is 5.32 Å². The molecule has 14 heavy (non-hydrogen) atoms. The summed E-state index contributed by atoms with van der Waals surface area (Å²) in [7, 11) is 0. The Kier molecular flexibility index (Phi) is 2.00. The topological polar surface area (TPSA) is 27.8 Å². The molecule has 3 heteroatoms. The van der Waals surface area contributed by atoms with Crippen molar-refractivity contribution < 1.29 is 0 Å². The fourth-order valence-corrected chi connectivity index (χ4v) is 3.06. The van der Waals surface area contributed by atoms with E-state index in [9.17, 15) is 0 Å². The van der Waals surface area contributed by atoms with Gasteiger partial charge >= 0.3 is 0 Å². The lowest BCUT2D eigenvalue weighted by Crippen LogP contribution is -2.12. The normalized spacial score (nSPS) is 21.9. The summed E-state index contributed by atoms with van der Waals surface area (Å²) in [5, 5.41) is 5.33. The third kappa shape index (κ3) is 1.24. The Bertz CT molecular complexity index is 443. The van der Waals surface area contributed by atoms with Crippen molar-refractivity contribution in [3.8, 4) is 0 Å². The standard InChI is InChI=1S/C11H12N2S/c1-2-9(11-13-6-7-14-11)8-4-5-12-10(8)3-1/h1-5,11-13H,6-7H2. The van der Waals surface area contributed by atoms with Gasteiger partial charge in [0.25, 0.3) is 0 Å². The monoisotopic (exact) mass is 204 g/mol. The van der Waals surface area contributed by atoms with E-state index in [0.29, 0.717) is 5.37 Å². The van der Waals surface area contributed by atoms with Crippen LogP contribution in [-0.4, -0.2) is 17.3 Å². The van der Waals surface area contributed by atoms with Crippen molar-refractivity contribution >= 4 is 22.7 Å². The fourth-order valence-electron chi connectivity index (χ4n) is 1.96. The number of nitrogens with one attached hydrogen (secondary N) is 2. The molecular formula is C11H12N2S. The van der Waals surface area contributed by atoms with Gasteiger partial charge in [-0.05, 0) is 17.7 Å². The summed E-state index contributed by atoms with van der Waals surface area (Å²) in [4.78, 5) is 3.25. The van der Waals surface area contributed by atoms with Crippen LogP contribution in [0.2, 0.25) is 0 Å². The van der Waals surface area contributed by atoms with Crippen LogP contribution >= 0.6 is 11.8 Å². The van der Waals surface area contributed by atoms with Gasteiger partial charge in [0.2, 0.25) is 0 Å². The molecular weight excluding hydrogens is 192 g/mol. The highest BCUT2D eigenvalue weighted by Crippen LogP contribution is 2.33. The van der Waals surface area contributed by atoms with E-state index in [-0.39, 0.29) is 0 Å². The molecule has 2 N–H and O–H groups in total. The quantitative estimate of drug-likeness (QED) is 0.747. The summed E-state index contributed by atoms with van der Waals surface area (Å²) in [6, 6.07) is 8.62. The Labute approximate surface area is 87.1 Å². The van der Waals surface area contributed by atoms with Crippen molar-refractivity contribution in [1.82, 2.24) is 10.3 Å². The molecule has 1 aliphatic rings. The van der Waals surface area contributed by atoms with Crippen molar-refractivity contribution in [3.63, 3.8) is 0 Å². The van der Waals surface area contributed by atoms with E-state index >= 15 is 0 Å². The highest BCUT2D eigenvalue weighted by Gasteiger charge is 2.18. The number of fused-ring (bicyclic) bond motifs is 1. The van der Waals surface area contributed by atoms with Crippen LogP contribution in [0.25, 0.3) is 10.9 Å². The maximum Gasteiger partial charge on any atom is 0.0796 e. The Hall–Kier alpha value is -0.930. The third-order valence-corrected chi connectivity index (χ3v) is 3.82. The Balaban J connectivity index is 2.14. The van der Waals surface area contributed by atoms with Crippen molar-refractivity contribution in [1.29, 1.82) is 0 Å². The Morgan fingerprint density at radius 3 is 3.14 bits per heavy atom. The highest BCUT2D eigenvalue weighted by molar-refractivity contribution is 7.99. The SMILES string of the molecule is c1cc(C2NCCS2)c2cc[nH]c2c1. The molecule has 0 bridgehead atoms. The second-order valence-electron chi connectivity index (χ2n) is 3.49. The molecule has 1 aromatic carbocycles. The molecule has 0 amide bonds. The molecule has 2 nitrogen and oxygen atoms in total. The Morgan fingerprint density at radius 1 is 1.29 bits per heavy atom. The van der Waals surface area contributed by atoms with Gasteiger partial charge in [0.1, 0.15) is 0 Å². The van der Waals surface area contributed by atoms with Crippen molar-refractivity contribution in [2.24, 2.45) is 0 Å². The zero-order chi connectivity index (χ0) is 9.38. The molecule has 1 fully saturated rings. The minimum absolute atomic E-state index is 0.481. The van der Waals surface area contributed by atoms with E-state index in [0.717, 1.165) is 6.54 Å². The third-order valence-electron chi connectivity index (χ3n) is 2.63. The number of benzene rings is 1. The highest BCUT2D eigenvalue weighted by atomic mass is 32.2. The van der Waals surface area contributed by atoms with Crippen LogP contribution in [0.4, 0.5) is 0 Å². The fraction of sp³-hybridized carbons (Fsp3) is 0.273. The van der Waals surface area contributed by atoms with Crippen LogP contribution in [0.1, 0.15) is 10.9 Å². The van der Waals surface area contributed by atoms with Gasteiger partial charge in [-0.15, -0.1) is 11.8 Å². The number of H-pyrrole nitrogens is 1. The minimum atomic E-state index is 0.481. The average molecular weight is 204 g/mol. The van der Waals surface area contributed by atoms with Gasteiger partial charge in [0.05, 0.1) is 5.37 Å². The molecule has 0 aliphatic carbocycles. The van der Waals surface area contributed by atoms with E-state index in [2.05, 4.69) is 34.6 Å². The molecule has 1 unspecified atom stereocenters. The van der Waals surface area contributed by atoms with E-state index in [1.54, 1.807) is 0 Å². The van der Waals surface area contributed by atoms with Crippen molar-refractivity contribution in [3.05, 3.63) is 36.0 Å². The van der Waals surface area contributed by atoms with Gasteiger partial charge in [-0.2, -0.15) is 0 Å². The van der Waals surface area contributed by atoms with Gasteiger partial charge in [-0.3, -0.25) is 0 Å². The molecule has 3 rings (SSSR count). The molecule has 1 aliphatic heterocycles. The first kappa shape index (κ1) is 8.38. The summed E-state index contributed by atoms with van der Waals surface area (Å²) in [6.07, 6.45) is 2.01. The van der Waals surface area contributed by atoms with E-state index in [1.807, 2.05) is 18.0 Å². The number of hydrogen-bond donors (Lipinski definition) is 2. The first-order chi connectivity index (χ1) is 6.95. The maximum atomic E-state index is 3.50. The summed E-state index contributed by atoms with van der Waals surface area (Å²) >= 11 is 1.99. The Morgan fingerprint density at radius 2 is 2.29 bits per heavy atom. The molecule has 0 spiro atoms. The molecule has 2 aromatic rings. The predicted molar refractivity (Wildman–Crippen MR) is 61.5 cm³/mol. The van der Waals surface area contributed by atoms with Crippen LogP contribution in [-0.2, 0) is 0 Å². The number of hydrogen-bond acceptors (Lipinski definition) is 2. The van der Waals surface area contributed by atoms with E-state index in [1.165, 1.54) is 22.2 Å². The lowest BCUT2D eigenvalue weighted by atomic mass is 10.1. The number of rotatable bonds is 1. The molecule has 1 aromatic heterocycles. The van der Waals surface area contributed by atoms with Crippen molar-refractivity contribution in [2.45, 2.75) is 5.37 Å². The summed E-state index contributed by atoms with van der Waals surface area (Å²) in [6.45, 7) is 1.12. The largest absolute Gasteiger partial charge is 0.361 e. The van der Waals surface area contributed by atoms with Crippen LogP contribution in [0.15, 0.2) is 30.5 Å². The number of aromatic amines is 1. The maximum absolute atomic E-state index is 3.50. The summed E-state index contributed by atoms with van der Waals surface area (Å²) in [5.74, 6) is 1.21. The number of aromatic nitrogens is 1. The van der Waals surface area contributed by atoms with Gasteiger partial charge in [-0.1, -0.05) is 12.1 Å². The van der Waals surface area contributed by atoms with Gasteiger partial charge in [0.15, 0.2) is 0 Å². The first-order valence-corrected chi connectivity index (χ1v) is 5.91. The predicted octanol–water partition coefficient (Wildman–Crippen LogP) is 2.50. The van der Waals surface area contributed by atoms with Gasteiger partial charge < -0.3 is 10.3 Å². The lowest BCUT2D eigenvalue weighted by molar-refractivity contribution is 0.755. The molecule has 0 radical (unpaired) electrons. The van der Waals surface area contributed by atoms with Crippen LogP contribution in [0.3, 0.4) is 0 Å². The van der Waals surface area contributed by atoms with Crippen LogP contribution in [0.5, 0.6) is 0 Å². The van der Waals surface area contributed by atoms with E-state index < -0.39 is 0 Å². The minimum Gasteiger partial charge on any atom is -0.361 e. The molecule has 72 valence electrons. The molecule has 1 saturated heterocycles. The zero-order valence-electron chi connectivity index (χ0n) is 7.79. The molecule has 1 atom stereocenters. The van der Waals surface area contributed by atoms with Gasteiger partial charge in [-0.25, -0.2) is 0 Å².